The number of rotatable bonds is 6. The Labute approximate surface area is 144 Å². The summed E-state index contributed by atoms with van der Waals surface area (Å²) in [5.41, 5.74) is 5.01. The third-order valence-corrected chi connectivity index (χ3v) is 4.20. The minimum Gasteiger partial charge on any atom is -0.370 e. The second-order valence-corrected chi connectivity index (χ2v) is 6.04. The van der Waals surface area contributed by atoms with Crippen LogP contribution >= 0.6 is 0 Å². The minimum atomic E-state index is 0.917. The van der Waals surface area contributed by atoms with Gasteiger partial charge in [-0.15, -0.1) is 0 Å². The summed E-state index contributed by atoms with van der Waals surface area (Å²) in [5.74, 6) is 0. The van der Waals surface area contributed by atoms with E-state index in [4.69, 9.17) is 0 Å². The Kier molecular flexibility index (Phi) is 5.17. The van der Waals surface area contributed by atoms with E-state index >= 15 is 0 Å². The molecule has 3 aromatic rings. The molecule has 0 aliphatic carbocycles. The van der Waals surface area contributed by atoms with Crippen molar-refractivity contribution >= 4 is 17.8 Å². The minimum absolute atomic E-state index is 0.917. The van der Waals surface area contributed by atoms with E-state index in [1.54, 1.807) is 0 Å². The number of aryl methyl sites for hydroxylation is 1. The summed E-state index contributed by atoms with van der Waals surface area (Å²) in [6.07, 6.45) is 8.60. The molecule has 0 unspecified atom stereocenters. The highest BCUT2D eigenvalue weighted by Gasteiger charge is 2.01. The van der Waals surface area contributed by atoms with Crippen LogP contribution in [0, 0.1) is 0 Å². The number of anilines is 1. The molecule has 24 heavy (non-hydrogen) atoms. The molecular weight excluding hydrogens is 292 g/mol. The zero-order valence-corrected chi connectivity index (χ0v) is 14.4. The predicted molar refractivity (Wildman–Crippen MR) is 104 cm³/mol. The molecule has 0 radical (unpaired) electrons. The Morgan fingerprint density at radius 1 is 0.875 bits per heavy atom. The van der Waals surface area contributed by atoms with Crippen molar-refractivity contribution in [3.63, 3.8) is 0 Å². The molecular formula is C22H24N2. The molecule has 3 rings (SSSR count). The van der Waals surface area contributed by atoms with Gasteiger partial charge in [-0.2, -0.15) is 0 Å². The average Bonchev–Trinajstić information content (AvgIpc) is 3.09. The summed E-state index contributed by atoms with van der Waals surface area (Å²) >= 11 is 0. The molecule has 0 atom stereocenters. The molecule has 0 N–H and O–H groups in total. The standard InChI is InChI=1S/C22H24N2/c1-3-24-16-15-21(18-24)10-9-19-11-13-22(14-12-19)23(2)17-20-7-5-4-6-8-20/h4-16,18H,3,17H2,1-2H3/b10-9+. The van der Waals surface area contributed by atoms with Crippen molar-refractivity contribution in [3.8, 4) is 0 Å². The van der Waals surface area contributed by atoms with E-state index in [0.717, 1.165) is 13.1 Å². The van der Waals surface area contributed by atoms with Crippen molar-refractivity contribution in [3.05, 3.63) is 89.7 Å². The van der Waals surface area contributed by atoms with Gasteiger partial charge in [0.2, 0.25) is 0 Å². The van der Waals surface area contributed by atoms with Crippen LogP contribution in [0.2, 0.25) is 0 Å². The summed E-state index contributed by atoms with van der Waals surface area (Å²) in [7, 11) is 2.13. The largest absolute Gasteiger partial charge is 0.370 e. The quantitative estimate of drug-likeness (QED) is 0.598. The van der Waals surface area contributed by atoms with Crippen LogP contribution in [0.3, 0.4) is 0 Å². The van der Waals surface area contributed by atoms with E-state index in [1.165, 1.54) is 22.4 Å². The van der Waals surface area contributed by atoms with Crippen molar-refractivity contribution in [2.45, 2.75) is 20.0 Å². The van der Waals surface area contributed by atoms with Gasteiger partial charge in [0.1, 0.15) is 0 Å². The first-order chi connectivity index (χ1) is 11.7. The molecule has 1 heterocycles. The monoisotopic (exact) mass is 316 g/mol. The Hall–Kier alpha value is -2.74. The lowest BCUT2D eigenvalue weighted by Gasteiger charge is -2.19. The van der Waals surface area contributed by atoms with Crippen molar-refractivity contribution in [1.82, 2.24) is 4.57 Å². The fraction of sp³-hybridized carbons (Fsp3) is 0.182. The van der Waals surface area contributed by atoms with Crippen molar-refractivity contribution in [2.75, 3.05) is 11.9 Å². The lowest BCUT2D eigenvalue weighted by molar-refractivity contribution is 0.769. The van der Waals surface area contributed by atoms with Gasteiger partial charge in [0.15, 0.2) is 0 Å². The molecule has 0 spiro atoms. The van der Waals surface area contributed by atoms with Gasteiger partial charge in [0.25, 0.3) is 0 Å². The first kappa shape index (κ1) is 16.1. The summed E-state index contributed by atoms with van der Waals surface area (Å²) in [5, 5.41) is 0. The van der Waals surface area contributed by atoms with E-state index in [1.807, 2.05) is 0 Å². The van der Waals surface area contributed by atoms with Crippen molar-refractivity contribution in [2.24, 2.45) is 0 Å². The van der Waals surface area contributed by atoms with E-state index in [-0.39, 0.29) is 0 Å². The Bertz CT molecular complexity index is 782. The number of benzene rings is 2. The fourth-order valence-electron chi connectivity index (χ4n) is 2.74. The molecule has 2 nitrogen and oxygen atoms in total. The zero-order chi connectivity index (χ0) is 16.8. The molecule has 0 aliphatic heterocycles. The molecule has 0 amide bonds. The smallest absolute Gasteiger partial charge is 0.0426 e. The van der Waals surface area contributed by atoms with Crippen LogP contribution in [0.25, 0.3) is 12.2 Å². The lowest BCUT2D eigenvalue weighted by atomic mass is 10.1. The van der Waals surface area contributed by atoms with Crippen LogP contribution in [0.15, 0.2) is 73.1 Å². The van der Waals surface area contributed by atoms with Crippen LogP contribution in [0.1, 0.15) is 23.6 Å². The maximum absolute atomic E-state index is 2.27. The normalized spacial score (nSPS) is 11.1. The van der Waals surface area contributed by atoms with Gasteiger partial charge >= 0.3 is 0 Å². The predicted octanol–water partition coefficient (Wildman–Crippen LogP) is 5.31. The molecule has 0 aliphatic rings. The topological polar surface area (TPSA) is 8.17 Å². The van der Waals surface area contributed by atoms with Gasteiger partial charge < -0.3 is 9.47 Å². The lowest BCUT2D eigenvalue weighted by Crippen LogP contribution is -2.15. The second-order valence-electron chi connectivity index (χ2n) is 6.04. The molecule has 0 fully saturated rings. The van der Waals surface area contributed by atoms with Crippen LogP contribution in [-0.4, -0.2) is 11.6 Å². The molecule has 2 heteroatoms. The third kappa shape index (κ3) is 4.17. The first-order valence-electron chi connectivity index (χ1n) is 8.43. The van der Waals surface area contributed by atoms with Gasteiger partial charge in [-0.05, 0) is 41.8 Å². The van der Waals surface area contributed by atoms with Crippen molar-refractivity contribution < 1.29 is 0 Å². The molecule has 0 saturated carbocycles. The summed E-state index contributed by atoms with van der Waals surface area (Å²) in [6.45, 7) is 4.08. The third-order valence-electron chi connectivity index (χ3n) is 4.20. The molecule has 0 saturated heterocycles. The summed E-state index contributed by atoms with van der Waals surface area (Å²) in [6, 6.07) is 21.4. The van der Waals surface area contributed by atoms with Gasteiger partial charge in [0, 0.05) is 38.2 Å². The maximum atomic E-state index is 2.27. The summed E-state index contributed by atoms with van der Waals surface area (Å²) in [4.78, 5) is 2.27. The average molecular weight is 316 g/mol. The van der Waals surface area contributed by atoms with Crippen molar-refractivity contribution in [1.29, 1.82) is 0 Å². The highest BCUT2D eigenvalue weighted by atomic mass is 15.1. The summed E-state index contributed by atoms with van der Waals surface area (Å²) < 4.78 is 2.18. The Morgan fingerprint density at radius 3 is 2.25 bits per heavy atom. The molecule has 1 aromatic heterocycles. The van der Waals surface area contributed by atoms with Gasteiger partial charge in [-0.25, -0.2) is 0 Å². The van der Waals surface area contributed by atoms with Crippen LogP contribution in [-0.2, 0) is 13.1 Å². The van der Waals surface area contributed by atoms with Gasteiger partial charge in [0.05, 0.1) is 0 Å². The van der Waals surface area contributed by atoms with E-state index < -0.39 is 0 Å². The van der Waals surface area contributed by atoms with E-state index in [0.29, 0.717) is 0 Å². The first-order valence-corrected chi connectivity index (χ1v) is 8.43. The SMILES string of the molecule is CCn1ccc(/C=C/c2ccc(N(C)Cc3ccccc3)cc2)c1. The molecule has 2 aromatic carbocycles. The van der Waals surface area contributed by atoms with E-state index in [2.05, 4.69) is 109 Å². The van der Waals surface area contributed by atoms with Crippen LogP contribution < -0.4 is 4.90 Å². The Morgan fingerprint density at radius 2 is 1.58 bits per heavy atom. The second kappa shape index (κ2) is 7.69. The fourth-order valence-corrected chi connectivity index (χ4v) is 2.74. The zero-order valence-electron chi connectivity index (χ0n) is 14.4. The number of aromatic nitrogens is 1. The number of nitrogens with zero attached hydrogens (tertiary/aromatic N) is 2. The molecule has 122 valence electrons. The maximum Gasteiger partial charge on any atom is 0.0426 e. The van der Waals surface area contributed by atoms with Gasteiger partial charge in [-0.3, -0.25) is 0 Å². The van der Waals surface area contributed by atoms with E-state index in [9.17, 15) is 0 Å². The highest BCUT2D eigenvalue weighted by Crippen LogP contribution is 2.18. The van der Waals surface area contributed by atoms with Crippen LogP contribution in [0.4, 0.5) is 5.69 Å². The molecule has 0 bridgehead atoms. The Balaban J connectivity index is 1.64. The van der Waals surface area contributed by atoms with Crippen LogP contribution in [0.5, 0.6) is 0 Å². The number of hydrogen-bond donors (Lipinski definition) is 0. The number of hydrogen-bond acceptors (Lipinski definition) is 1. The van der Waals surface area contributed by atoms with Gasteiger partial charge in [-0.1, -0.05) is 54.6 Å². The highest BCUT2D eigenvalue weighted by molar-refractivity contribution is 5.70.